The van der Waals surface area contributed by atoms with E-state index in [9.17, 15) is 13.2 Å². The largest absolute Gasteiger partial charge is 0.382 e. The number of nitrogens with zero attached hydrogens (tertiary/aromatic N) is 2. The highest BCUT2D eigenvalue weighted by Crippen LogP contribution is 2.22. The van der Waals surface area contributed by atoms with Gasteiger partial charge in [-0.15, -0.1) is 0 Å². The first-order valence-corrected chi connectivity index (χ1v) is 12.5. The molecule has 4 rings (SSSR count). The third-order valence-electron chi connectivity index (χ3n) is 5.31. The summed E-state index contributed by atoms with van der Waals surface area (Å²) in [5, 5.41) is 6.21. The lowest BCUT2D eigenvalue weighted by molar-refractivity contribution is 0.0904. The number of anilines is 1. The minimum atomic E-state index is -3.77. The molecule has 0 spiro atoms. The fourth-order valence-electron chi connectivity index (χ4n) is 3.77. The van der Waals surface area contributed by atoms with E-state index in [1.165, 1.54) is 6.07 Å². The summed E-state index contributed by atoms with van der Waals surface area (Å²) in [7, 11) is -3.77. The van der Waals surface area contributed by atoms with E-state index in [1.54, 1.807) is 26.0 Å². The Kier molecular flexibility index (Phi) is 6.96. The number of ether oxygens (including phenoxy) is 1. The first-order chi connectivity index (χ1) is 15.8. The minimum Gasteiger partial charge on any atom is -0.382 e. The summed E-state index contributed by atoms with van der Waals surface area (Å²) in [6.07, 6.45) is 5.37. The van der Waals surface area contributed by atoms with Gasteiger partial charge in [-0.25, -0.2) is 18.1 Å². The third-order valence-corrected chi connectivity index (χ3v) is 6.94. The van der Waals surface area contributed by atoms with Crippen molar-refractivity contribution < 1.29 is 17.9 Å². The number of benzene rings is 1. The summed E-state index contributed by atoms with van der Waals surface area (Å²) < 4.78 is 35.5. The molecule has 0 saturated carbocycles. The molecule has 3 heterocycles. The molecule has 3 aromatic rings. The lowest BCUT2D eigenvalue weighted by Crippen LogP contribution is -2.31. The summed E-state index contributed by atoms with van der Waals surface area (Å²) in [5.41, 5.74) is 2.35. The molecule has 33 heavy (non-hydrogen) atoms. The topological polar surface area (TPSA) is 114 Å². The van der Waals surface area contributed by atoms with Crippen molar-refractivity contribution >= 4 is 27.3 Å². The second-order valence-electron chi connectivity index (χ2n) is 8.43. The average molecular weight is 472 g/mol. The predicted octanol–water partition coefficient (Wildman–Crippen LogP) is 2.54. The Morgan fingerprint density at radius 3 is 2.73 bits per heavy atom. The van der Waals surface area contributed by atoms with E-state index < -0.39 is 10.0 Å². The van der Waals surface area contributed by atoms with Gasteiger partial charge in [0, 0.05) is 48.9 Å². The molecule has 1 aliphatic rings. The van der Waals surface area contributed by atoms with Gasteiger partial charge < -0.3 is 19.8 Å². The predicted molar refractivity (Wildman–Crippen MR) is 126 cm³/mol. The molecule has 1 amide bonds. The van der Waals surface area contributed by atoms with E-state index >= 15 is 0 Å². The average Bonchev–Trinajstić information content (AvgIpc) is 3.20. The second-order valence-corrected chi connectivity index (χ2v) is 10.1. The van der Waals surface area contributed by atoms with Gasteiger partial charge in [-0.05, 0) is 57.0 Å². The van der Waals surface area contributed by atoms with Crippen molar-refractivity contribution in [3.8, 4) is 0 Å². The molecular formula is C23H29N5O4S. The van der Waals surface area contributed by atoms with Crippen LogP contribution in [0.4, 0.5) is 5.69 Å². The number of imidazole rings is 1. The van der Waals surface area contributed by atoms with Crippen molar-refractivity contribution in [2.24, 2.45) is 0 Å². The number of fused-ring (bicyclic) bond motifs is 1. The molecule has 10 heteroatoms. The van der Waals surface area contributed by atoms with E-state index in [1.807, 2.05) is 35.0 Å². The molecule has 0 aliphatic carbocycles. The first-order valence-electron chi connectivity index (χ1n) is 11.0. The van der Waals surface area contributed by atoms with Gasteiger partial charge in [-0.3, -0.25) is 4.79 Å². The Morgan fingerprint density at radius 2 is 2.00 bits per heavy atom. The van der Waals surface area contributed by atoms with Crippen LogP contribution in [0, 0.1) is 0 Å². The van der Waals surface area contributed by atoms with Crippen molar-refractivity contribution in [1.82, 2.24) is 19.4 Å². The van der Waals surface area contributed by atoms with Crippen LogP contribution < -0.4 is 15.4 Å². The molecule has 1 aliphatic heterocycles. The summed E-state index contributed by atoms with van der Waals surface area (Å²) in [5.74, 6) is -0.372. The van der Waals surface area contributed by atoms with Crippen molar-refractivity contribution in [1.29, 1.82) is 0 Å². The molecular weight excluding hydrogens is 442 g/mol. The van der Waals surface area contributed by atoms with Gasteiger partial charge in [-0.2, -0.15) is 0 Å². The van der Waals surface area contributed by atoms with Crippen LogP contribution >= 0.6 is 0 Å². The highest BCUT2D eigenvalue weighted by atomic mass is 32.2. The maximum atomic E-state index is 13.0. The van der Waals surface area contributed by atoms with Crippen molar-refractivity contribution in [3.63, 3.8) is 0 Å². The van der Waals surface area contributed by atoms with Crippen LogP contribution in [-0.2, 0) is 21.3 Å². The van der Waals surface area contributed by atoms with Crippen LogP contribution in [0.1, 0.15) is 42.7 Å². The summed E-state index contributed by atoms with van der Waals surface area (Å²) in [4.78, 5) is 17.5. The molecule has 0 radical (unpaired) electrons. The number of carbonyl (C=O) groups excluding carboxylic acids is 1. The number of aromatic nitrogens is 2. The number of nitrogens with one attached hydrogen (secondary N) is 3. The fraction of sp³-hybridized carbons (Fsp3) is 0.391. The molecule has 0 bridgehead atoms. The number of carbonyl (C=O) groups is 1. The summed E-state index contributed by atoms with van der Waals surface area (Å²) >= 11 is 0. The second kappa shape index (κ2) is 9.90. The fourth-order valence-corrected chi connectivity index (χ4v) is 5.09. The van der Waals surface area contributed by atoms with Crippen LogP contribution in [0.3, 0.4) is 0 Å². The SMILES string of the molecule is CC(C)NS(=O)(=O)c1cc(NC2CCOCC2)cc(C(=O)NCc2cn3ccccc3n2)c1. The quantitative estimate of drug-likeness (QED) is 0.465. The van der Waals surface area contributed by atoms with Gasteiger partial charge in [0.2, 0.25) is 10.0 Å². The number of rotatable bonds is 8. The normalized spacial score (nSPS) is 15.1. The highest BCUT2D eigenvalue weighted by Gasteiger charge is 2.21. The minimum absolute atomic E-state index is 0.0474. The molecule has 1 saturated heterocycles. The smallest absolute Gasteiger partial charge is 0.251 e. The maximum absolute atomic E-state index is 13.0. The monoisotopic (exact) mass is 471 g/mol. The molecule has 176 valence electrons. The third kappa shape index (κ3) is 5.89. The van der Waals surface area contributed by atoms with E-state index in [0.717, 1.165) is 18.5 Å². The zero-order chi connectivity index (χ0) is 23.4. The van der Waals surface area contributed by atoms with E-state index in [2.05, 4.69) is 20.3 Å². The van der Waals surface area contributed by atoms with Crippen molar-refractivity contribution in [3.05, 3.63) is 60.0 Å². The lowest BCUT2D eigenvalue weighted by atomic mass is 10.1. The van der Waals surface area contributed by atoms with E-state index in [0.29, 0.717) is 24.6 Å². The number of hydrogen-bond acceptors (Lipinski definition) is 6. The zero-order valence-electron chi connectivity index (χ0n) is 18.7. The summed E-state index contributed by atoms with van der Waals surface area (Å²) in [6.45, 7) is 5.03. The number of hydrogen-bond donors (Lipinski definition) is 3. The van der Waals surface area contributed by atoms with Crippen LogP contribution in [0.15, 0.2) is 53.7 Å². The van der Waals surface area contributed by atoms with Gasteiger partial charge in [0.15, 0.2) is 0 Å². The molecule has 3 N–H and O–H groups in total. The van der Waals surface area contributed by atoms with Gasteiger partial charge in [0.25, 0.3) is 5.91 Å². The molecule has 0 atom stereocenters. The Morgan fingerprint density at radius 1 is 1.21 bits per heavy atom. The van der Waals surface area contributed by atoms with Gasteiger partial charge in [0.05, 0.1) is 17.1 Å². The first kappa shape index (κ1) is 23.2. The Labute approximate surface area is 193 Å². The van der Waals surface area contributed by atoms with Gasteiger partial charge in [-0.1, -0.05) is 6.07 Å². The maximum Gasteiger partial charge on any atom is 0.251 e. The van der Waals surface area contributed by atoms with E-state index in [-0.39, 0.29) is 35.0 Å². The molecule has 1 fully saturated rings. The standard InChI is InChI=1S/C23H29N5O4S/c1-16(2)27-33(30,31)21-12-17(11-19(13-21)25-18-6-9-32-10-7-18)23(29)24-14-20-15-28-8-4-3-5-22(28)26-20/h3-5,8,11-13,15-16,18,25,27H,6-7,9-10,14H2,1-2H3,(H,24,29). The van der Waals surface area contributed by atoms with Crippen LogP contribution in [0.2, 0.25) is 0 Å². The molecule has 9 nitrogen and oxygen atoms in total. The number of amides is 1. The highest BCUT2D eigenvalue weighted by molar-refractivity contribution is 7.89. The lowest BCUT2D eigenvalue weighted by Gasteiger charge is -2.24. The number of pyridine rings is 1. The Hall–Kier alpha value is -2.95. The Bertz CT molecular complexity index is 1200. The molecule has 1 aromatic carbocycles. The van der Waals surface area contributed by atoms with Crippen LogP contribution in [0.5, 0.6) is 0 Å². The molecule has 0 unspecified atom stereocenters. The zero-order valence-corrected chi connectivity index (χ0v) is 19.6. The summed E-state index contributed by atoms with van der Waals surface area (Å²) in [6, 6.07) is 10.2. The number of sulfonamides is 1. The Balaban J connectivity index is 1.56. The van der Waals surface area contributed by atoms with Gasteiger partial charge >= 0.3 is 0 Å². The molecule has 2 aromatic heterocycles. The van der Waals surface area contributed by atoms with Crippen molar-refractivity contribution in [2.75, 3.05) is 18.5 Å². The van der Waals surface area contributed by atoms with E-state index in [4.69, 9.17) is 4.74 Å². The van der Waals surface area contributed by atoms with Crippen LogP contribution in [-0.4, -0.2) is 49.0 Å². The van der Waals surface area contributed by atoms with Crippen molar-refractivity contribution in [2.45, 2.75) is 50.2 Å². The van der Waals surface area contributed by atoms with Crippen LogP contribution in [0.25, 0.3) is 5.65 Å². The van der Waals surface area contributed by atoms with Gasteiger partial charge in [0.1, 0.15) is 5.65 Å².